The predicted molar refractivity (Wildman–Crippen MR) is 127 cm³/mol. The van der Waals surface area contributed by atoms with Crippen molar-refractivity contribution in [3.8, 4) is 11.5 Å². The van der Waals surface area contributed by atoms with Crippen LogP contribution in [0.1, 0.15) is 0 Å². The third-order valence-electron chi connectivity index (χ3n) is 5.09. The molecule has 4 rings (SSSR count). The van der Waals surface area contributed by atoms with Crippen molar-refractivity contribution in [1.29, 1.82) is 0 Å². The van der Waals surface area contributed by atoms with Gasteiger partial charge in [-0.25, -0.2) is 4.79 Å². The summed E-state index contributed by atoms with van der Waals surface area (Å²) < 4.78 is 10.7. The molecule has 0 bridgehead atoms. The number of benzene rings is 2. The van der Waals surface area contributed by atoms with Gasteiger partial charge in [0, 0.05) is 52.4 Å². The van der Waals surface area contributed by atoms with E-state index < -0.39 is 6.16 Å². The fourth-order valence-electron chi connectivity index (χ4n) is 3.59. The molecule has 0 unspecified atom stereocenters. The number of nitrogens with one attached hydrogen (secondary N) is 2. The smallest absolute Gasteiger partial charge is 0.495 e. The van der Waals surface area contributed by atoms with Crippen LogP contribution in [0.4, 0.5) is 16.2 Å². The number of hydrogen-bond donors (Lipinski definition) is 4. The van der Waals surface area contributed by atoms with Gasteiger partial charge in [0.1, 0.15) is 11.5 Å². The van der Waals surface area contributed by atoms with E-state index in [4.69, 9.17) is 24.5 Å². The highest BCUT2D eigenvalue weighted by Gasteiger charge is 2.14. The summed E-state index contributed by atoms with van der Waals surface area (Å²) in [4.78, 5) is 13.3. The molecule has 2 aromatic rings. The second kappa shape index (κ2) is 14.0. The van der Waals surface area contributed by atoms with Gasteiger partial charge in [0.2, 0.25) is 0 Å². The zero-order valence-electron chi connectivity index (χ0n) is 18.8. The van der Waals surface area contributed by atoms with Crippen molar-refractivity contribution in [2.24, 2.45) is 0 Å². The van der Waals surface area contributed by atoms with E-state index >= 15 is 0 Å². The lowest BCUT2D eigenvalue weighted by atomic mass is 10.2. The van der Waals surface area contributed by atoms with Crippen molar-refractivity contribution < 1.29 is 24.5 Å². The van der Waals surface area contributed by atoms with Crippen LogP contribution in [0.2, 0.25) is 0 Å². The van der Waals surface area contributed by atoms with E-state index in [-0.39, 0.29) is 0 Å². The van der Waals surface area contributed by atoms with Crippen molar-refractivity contribution in [3.63, 3.8) is 0 Å². The van der Waals surface area contributed by atoms with E-state index in [0.29, 0.717) is 0 Å². The first-order chi connectivity index (χ1) is 15.6. The molecule has 0 radical (unpaired) electrons. The maximum Gasteiger partial charge on any atom is 0.503 e. The fraction of sp³-hybridized carbons (Fsp3) is 0.435. The fourth-order valence-corrected chi connectivity index (χ4v) is 3.59. The van der Waals surface area contributed by atoms with E-state index in [1.807, 2.05) is 24.3 Å². The van der Waals surface area contributed by atoms with Crippen LogP contribution in [0.15, 0.2) is 48.5 Å². The van der Waals surface area contributed by atoms with Gasteiger partial charge in [-0.05, 0) is 24.3 Å². The highest BCUT2D eigenvalue weighted by molar-refractivity contribution is 5.59. The Kier molecular flexibility index (Phi) is 11.0. The average Bonchev–Trinajstić information content (AvgIpc) is 2.85. The zero-order valence-corrected chi connectivity index (χ0v) is 18.8. The van der Waals surface area contributed by atoms with E-state index in [9.17, 15) is 0 Å². The summed E-state index contributed by atoms with van der Waals surface area (Å²) in [5.74, 6) is 1.93. The van der Waals surface area contributed by atoms with Crippen molar-refractivity contribution >= 4 is 17.5 Å². The summed E-state index contributed by atoms with van der Waals surface area (Å²) in [6.45, 7) is 8.44. The van der Waals surface area contributed by atoms with Crippen LogP contribution in [0.25, 0.3) is 0 Å². The Balaban J connectivity index is 0.000000195. The number of rotatable bonds is 4. The van der Waals surface area contributed by atoms with Gasteiger partial charge >= 0.3 is 6.16 Å². The van der Waals surface area contributed by atoms with Crippen LogP contribution in [0.3, 0.4) is 0 Å². The van der Waals surface area contributed by atoms with Gasteiger partial charge in [-0.2, -0.15) is 0 Å². The highest BCUT2D eigenvalue weighted by atomic mass is 16.6. The van der Waals surface area contributed by atoms with Gasteiger partial charge in [0.15, 0.2) is 0 Å². The number of piperazine rings is 2. The SMILES string of the molecule is COc1ccccc1N1CCNCC1.COc1ccccc1N1CCNCC1.O=C(O)O. The number of carbonyl (C=O) groups is 1. The molecule has 0 aromatic heterocycles. The highest BCUT2D eigenvalue weighted by Crippen LogP contribution is 2.28. The Morgan fingerprint density at radius 2 is 1.03 bits per heavy atom. The number of para-hydroxylation sites is 4. The largest absolute Gasteiger partial charge is 0.503 e. The minimum absolute atomic E-state index is 0.967. The molecule has 0 spiro atoms. The van der Waals surface area contributed by atoms with Crippen molar-refractivity contribution in [3.05, 3.63) is 48.5 Å². The first-order valence-electron chi connectivity index (χ1n) is 10.7. The van der Waals surface area contributed by atoms with Crippen LogP contribution in [0.5, 0.6) is 11.5 Å². The van der Waals surface area contributed by atoms with Crippen molar-refractivity contribution in [1.82, 2.24) is 10.6 Å². The van der Waals surface area contributed by atoms with Gasteiger partial charge in [0.25, 0.3) is 0 Å². The molecule has 32 heavy (non-hydrogen) atoms. The monoisotopic (exact) mass is 446 g/mol. The summed E-state index contributed by atoms with van der Waals surface area (Å²) in [5.41, 5.74) is 2.41. The van der Waals surface area contributed by atoms with E-state index in [1.165, 1.54) is 11.4 Å². The average molecular weight is 447 g/mol. The molecule has 2 aliphatic rings. The molecule has 176 valence electrons. The summed E-state index contributed by atoms with van der Waals surface area (Å²) >= 11 is 0. The quantitative estimate of drug-likeness (QED) is 0.563. The second-order valence-corrected chi connectivity index (χ2v) is 7.10. The summed E-state index contributed by atoms with van der Waals surface area (Å²) in [6, 6.07) is 16.4. The molecule has 9 nitrogen and oxygen atoms in total. The number of anilines is 2. The minimum atomic E-state index is -1.83. The van der Waals surface area contributed by atoms with Gasteiger partial charge in [0.05, 0.1) is 25.6 Å². The van der Waals surface area contributed by atoms with Crippen LogP contribution in [-0.4, -0.2) is 82.9 Å². The topological polar surface area (TPSA) is 107 Å². The Labute approximate surface area is 189 Å². The van der Waals surface area contributed by atoms with Gasteiger partial charge < -0.3 is 40.1 Å². The molecule has 2 heterocycles. The number of carboxylic acid groups (broad SMARTS) is 2. The Morgan fingerprint density at radius 1 is 0.719 bits per heavy atom. The van der Waals surface area contributed by atoms with Gasteiger partial charge in [-0.15, -0.1) is 0 Å². The van der Waals surface area contributed by atoms with Crippen LogP contribution in [0, 0.1) is 0 Å². The zero-order chi connectivity index (χ0) is 23.2. The molecule has 0 aliphatic carbocycles. The van der Waals surface area contributed by atoms with Crippen LogP contribution >= 0.6 is 0 Å². The molecule has 2 saturated heterocycles. The Bertz CT molecular complexity index is 743. The molecular formula is C23H34N4O5. The van der Waals surface area contributed by atoms with Gasteiger partial charge in [-0.3, -0.25) is 0 Å². The van der Waals surface area contributed by atoms with Crippen LogP contribution in [-0.2, 0) is 0 Å². The third kappa shape index (κ3) is 8.16. The lowest BCUT2D eigenvalue weighted by molar-refractivity contribution is 0.137. The number of hydrogen-bond acceptors (Lipinski definition) is 7. The Morgan fingerprint density at radius 3 is 1.34 bits per heavy atom. The summed E-state index contributed by atoms with van der Waals surface area (Å²) in [7, 11) is 3.45. The second-order valence-electron chi connectivity index (χ2n) is 7.10. The first kappa shape index (κ1) is 25.1. The number of methoxy groups -OCH3 is 2. The van der Waals surface area contributed by atoms with E-state index in [1.54, 1.807) is 14.2 Å². The minimum Gasteiger partial charge on any atom is -0.495 e. The summed E-state index contributed by atoms with van der Waals surface area (Å²) in [5, 5.41) is 20.6. The van der Waals surface area contributed by atoms with E-state index in [0.717, 1.165) is 63.9 Å². The van der Waals surface area contributed by atoms with E-state index in [2.05, 4.69) is 44.7 Å². The molecule has 2 aromatic carbocycles. The normalized spacial score (nSPS) is 15.4. The van der Waals surface area contributed by atoms with Crippen molar-refractivity contribution in [2.45, 2.75) is 0 Å². The molecule has 0 atom stereocenters. The van der Waals surface area contributed by atoms with Gasteiger partial charge in [-0.1, -0.05) is 24.3 Å². The molecular weight excluding hydrogens is 412 g/mol. The third-order valence-corrected chi connectivity index (χ3v) is 5.09. The first-order valence-corrected chi connectivity index (χ1v) is 10.7. The predicted octanol–water partition coefficient (Wildman–Crippen LogP) is 2.43. The van der Waals surface area contributed by atoms with Crippen molar-refractivity contribution in [2.75, 3.05) is 76.4 Å². The molecule has 0 amide bonds. The summed E-state index contributed by atoms with van der Waals surface area (Å²) in [6.07, 6.45) is -1.83. The molecule has 9 heteroatoms. The molecule has 2 aliphatic heterocycles. The van der Waals surface area contributed by atoms with Crippen LogP contribution < -0.4 is 29.9 Å². The maximum absolute atomic E-state index is 8.56. The Hall–Kier alpha value is -3.17. The number of ether oxygens (including phenoxy) is 2. The molecule has 0 saturated carbocycles. The standard InChI is InChI=1S/2C11H16N2O.CH2O3/c2*1-14-11-5-3-2-4-10(11)13-8-6-12-7-9-13;2-1(3)4/h2*2-5,12H,6-9H2,1H3;(H2,2,3,4). The lowest BCUT2D eigenvalue weighted by Gasteiger charge is -2.30. The lowest BCUT2D eigenvalue weighted by Crippen LogP contribution is -2.43. The number of nitrogens with zero attached hydrogens (tertiary/aromatic N) is 2. The maximum atomic E-state index is 8.56. The molecule has 4 N–H and O–H groups in total. The molecule has 2 fully saturated rings.